The van der Waals surface area contributed by atoms with Crippen LogP contribution in [0.3, 0.4) is 0 Å². The molecule has 0 amide bonds. The van der Waals surface area contributed by atoms with Gasteiger partial charge in [0.2, 0.25) is 0 Å². The zero-order valence-corrected chi connectivity index (χ0v) is 12.7. The lowest BCUT2D eigenvalue weighted by atomic mass is 10.2. The van der Waals surface area contributed by atoms with E-state index in [-0.39, 0.29) is 0 Å². The first-order valence-electron chi connectivity index (χ1n) is 6.15. The topological polar surface area (TPSA) is 43.8 Å². The first-order valence-corrected chi connectivity index (χ1v) is 7.76. The molecule has 3 nitrogen and oxygen atoms in total. The minimum Gasteiger partial charge on any atom is -0.330 e. The van der Waals surface area contributed by atoms with Gasteiger partial charge in [0.15, 0.2) is 0 Å². The third-order valence-corrected chi connectivity index (χ3v) is 4.69. The van der Waals surface area contributed by atoms with E-state index in [0.717, 1.165) is 22.4 Å². The molecular formula is C14H14BrN3S. The van der Waals surface area contributed by atoms with Crippen LogP contribution in [0.5, 0.6) is 0 Å². The summed E-state index contributed by atoms with van der Waals surface area (Å²) >= 11 is 5.26. The fraction of sp³-hybridized carbons (Fsp3) is 0.214. The fourth-order valence-corrected chi connectivity index (χ4v) is 3.76. The van der Waals surface area contributed by atoms with Crippen molar-refractivity contribution in [3.8, 4) is 0 Å². The average Bonchev–Trinajstić information content (AvgIpc) is 2.97. The van der Waals surface area contributed by atoms with Crippen molar-refractivity contribution in [2.24, 2.45) is 5.73 Å². The first-order chi connectivity index (χ1) is 9.28. The highest BCUT2D eigenvalue weighted by atomic mass is 79.9. The van der Waals surface area contributed by atoms with E-state index >= 15 is 0 Å². The van der Waals surface area contributed by atoms with Crippen LogP contribution in [-0.2, 0) is 13.0 Å². The molecule has 0 aliphatic rings. The Morgan fingerprint density at radius 1 is 1.32 bits per heavy atom. The molecule has 0 fully saturated rings. The molecule has 98 valence electrons. The summed E-state index contributed by atoms with van der Waals surface area (Å²) in [5.41, 5.74) is 8.00. The standard InChI is InChI=1S/C14H14BrN3S/c15-13-4-3-11(19-13)9-18-8-10(5-6-16)12-2-1-7-17-14(12)18/h1-4,7-8H,5-6,9,16H2. The lowest BCUT2D eigenvalue weighted by Gasteiger charge is -2.01. The van der Waals surface area contributed by atoms with Gasteiger partial charge in [0, 0.05) is 22.7 Å². The quantitative estimate of drug-likeness (QED) is 0.793. The highest BCUT2D eigenvalue weighted by Gasteiger charge is 2.09. The minimum atomic E-state index is 0.665. The number of nitrogens with two attached hydrogens (primary N) is 1. The van der Waals surface area contributed by atoms with Crippen LogP contribution in [0.25, 0.3) is 11.0 Å². The summed E-state index contributed by atoms with van der Waals surface area (Å²) in [6, 6.07) is 8.33. The Hall–Kier alpha value is -1.17. The molecule has 0 aromatic carbocycles. The van der Waals surface area contributed by atoms with E-state index in [1.165, 1.54) is 15.8 Å². The van der Waals surface area contributed by atoms with Crippen molar-refractivity contribution in [2.45, 2.75) is 13.0 Å². The molecule has 0 atom stereocenters. The summed E-state index contributed by atoms with van der Waals surface area (Å²) in [6.45, 7) is 1.52. The Kier molecular flexibility index (Phi) is 3.68. The maximum absolute atomic E-state index is 5.68. The average molecular weight is 336 g/mol. The molecule has 0 radical (unpaired) electrons. The third kappa shape index (κ3) is 2.59. The van der Waals surface area contributed by atoms with Crippen molar-refractivity contribution in [3.05, 3.63) is 50.9 Å². The predicted octanol–water partition coefficient (Wildman–Crippen LogP) is 3.41. The lowest BCUT2D eigenvalue weighted by Crippen LogP contribution is -2.02. The molecule has 0 saturated carbocycles. The second-order valence-corrected chi connectivity index (χ2v) is 6.95. The van der Waals surface area contributed by atoms with E-state index in [4.69, 9.17) is 5.73 Å². The maximum Gasteiger partial charge on any atom is 0.140 e. The monoisotopic (exact) mass is 335 g/mol. The summed E-state index contributed by atoms with van der Waals surface area (Å²) in [7, 11) is 0. The van der Waals surface area contributed by atoms with Crippen LogP contribution in [0.4, 0.5) is 0 Å². The molecule has 2 N–H and O–H groups in total. The number of hydrogen-bond donors (Lipinski definition) is 1. The van der Waals surface area contributed by atoms with Crippen molar-refractivity contribution in [1.29, 1.82) is 0 Å². The zero-order valence-electron chi connectivity index (χ0n) is 10.3. The first kappa shape index (κ1) is 12.8. The molecule has 0 spiro atoms. The van der Waals surface area contributed by atoms with Gasteiger partial charge in [0.05, 0.1) is 10.3 Å². The smallest absolute Gasteiger partial charge is 0.140 e. The van der Waals surface area contributed by atoms with Crippen LogP contribution in [0, 0.1) is 0 Å². The number of nitrogens with zero attached hydrogens (tertiary/aromatic N) is 2. The summed E-state index contributed by atoms with van der Waals surface area (Å²) in [4.78, 5) is 5.82. The molecule has 0 aliphatic carbocycles. The van der Waals surface area contributed by atoms with E-state index in [1.807, 2.05) is 12.3 Å². The van der Waals surface area contributed by atoms with Crippen molar-refractivity contribution >= 4 is 38.3 Å². The number of aromatic nitrogens is 2. The summed E-state index contributed by atoms with van der Waals surface area (Å²) in [6.07, 6.45) is 4.91. The van der Waals surface area contributed by atoms with Crippen LogP contribution in [0.1, 0.15) is 10.4 Å². The van der Waals surface area contributed by atoms with Crippen LogP contribution in [0.2, 0.25) is 0 Å². The van der Waals surface area contributed by atoms with Crippen LogP contribution in [0.15, 0.2) is 40.4 Å². The van der Waals surface area contributed by atoms with E-state index in [9.17, 15) is 0 Å². The van der Waals surface area contributed by atoms with Gasteiger partial charge >= 0.3 is 0 Å². The Morgan fingerprint density at radius 3 is 2.95 bits per heavy atom. The van der Waals surface area contributed by atoms with Crippen molar-refractivity contribution < 1.29 is 0 Å². The van der Waals surface area contributed by atoms with Crippen molar-refractivity contribution in [1.82, 2.24) is 9.55 Å². The van der Waals surface area contributed by atoms with E-state index < -0.39 is 0 Å². The summed E-state index contributed by atoms with van der Waals surface area (Å²) < 4.78 is 3.37. The van der Waals surface area contributed by atoms with Gasteiger partial charge in [-0.25, -0.2) is 4.98 Å². The maximum atomic E-state index is 5.68. The molecule has 3 aromatic heterocycles. The van der Waals surface area contributed by atoms with Gasteiger partial charge in [-0.1, -0.05) is 0 Å². The van der Waals surface area contributed by atoms with Gasteiger partial charge in [0.1, 0.15) is 5.65 Å². The number of rotatable bonds is 4. The highest BCUT2D eigenvalue weighted by molar-refractivity contribution is 9.11. The molecule has 0 unspecified atom stereocenters. The molecule has 0 aliphatic heterocycles. The Balaban J connectivity index is 2.03. The largest absolute Gasteiger partial charge is 0.330 e. The third-order valence-electron chi connectivity index (χ3n) is 3.09. The molecule has 3 heterocycles. The van der Waals surface area contributed by atoms with Crippen LogP contribution >= 0.6 is 27.3 Å². The summed E-state index contributed by atoms with van der Waals surface area (Å²) in [5.74, 6) is 0. The van der Waals surface area contributed by atoms with Crippen molar-refractivity contribution in [2.75, 3.05) is 6.54 Å². The van der Waals surface area contributed by atoms with Gasteiger partial charge in [0.25, 0.3) is 0 Å². The normalized spacial score (nSPS) is 11.3. The molecule has 3 rings (SSSR count). The second-order valence-electron chi connectivity index (χ2n) is 4.40. The Morgan fingerprint density at radius 2 is 2.21 bits per heavy atom. The molecular weight excluding hydrogens is 322 g/mol. The second kappa shape index (κ2) is 5.45. The number of pyridine rings is 1. The SMILES string of the molecule is NCCc1cn(Cc2ccc(Br)s2)c2ncccc12. The van der Waals surface area contributed by atoms with Gasteiger partial charge < -0.3 is 10.3 Å². The van der Waals surface area contributed by atoms with E-state index in [0.29, 0.717) is 6.54 Å². The predicted molar refractivity (Wildman–Crippen MR) is 83.6 cm³/mol. The zero-order chi connectivity index (χ0) is 13.2. The highest BCUT2D eigenvalue weighted by Crippen LogP contribution is 2.25. The van der Waals surface area contributed by atoms with Crippen LogP contribution < -0.4 is 5.73 Å². The van der Waals surface area contributed by atoms with Gasteiger partial charge in [-0.15, -0.1) is 11.3 Å². The van der Waals surface area contributed by atoms with Crippen LogP contribution in [-0.4, -0.2) is 16.1 Å². The van der Waals surface area contributed by atoms with Crippen molar-refractivity contribution in [3.63, 3.8) is 0 Å². The van der Waals surface area contributed by atoms with Gasteiger partial charge in [-0.2, -0.15) is 0 Å². The number of thiophene rings is 1. The van der Waals surface area contributed by atoms with E-state index in [1.54, 1.807) is 11.3 Å². The fourth-order valence-electron chi connectivity index (χ4n) is 2.28. The number of fused-ring (bicyclic) bond motifs is 1. The number of halogens is 1. The Labute approximate surface area is 124 Å². The lowest BCUT2D eigenvalue weighted by molar-refractivity contribution is 0.830. The summed E-state index contributed by atoms with van der Waals surface area (Å²) in [5, 5.41) is 1.21. The molecule has 0 saturated heterocycles. The number of hydrogen-bond acceptors (Lipinski definition) is 3. The molecule has 3 aromatic rings. The Bertz CT molecular complexity index is 702. The van der Waals surface area contributed by atoms with Gasteiger partial charge in [-0.05, 0) is 58.7 Å². The van der Waals surface area contributed by atoms with Gasteiger partial charge in [-0.3, -0.25) is 0 Å². The van der Waals surface area contributed by atoms with E-state index in [2.05, 4.69) is 49.9 Å². The molecule has 0 bridgehead atoms. The minimum absolute atomic E-state index is 0.665. The molecule has 5 heteroatoms. The molecule has 19 heavy (non-hydrogen) atoms.